The second kappa shape index (κ2) is 4.83. The Morgan fingerprint density at radius 3 is 2.94 bits per heavy atom. The first-order valence-electron chi connectivity index (χ1n) is 5.86. The van der Waals surface area contributed by atoms with E-state index in [1.165, 1.54) is 0 Å². The van der Waals surface area contributed by atoms with Gasteiger partial charge >= 0.3 is 0 Å². The van der Waals surface area contributed by atoms with Gasteiger partial charge in [0.05, 0.1) is 6.20 Å². The van der Waals surface area contributed by atoms with Crippen molar-refractivity contribution >= 4 is 11.8 Å². The Balaban J connectivity index is 2.18. The minimum atomic E-state index is -0.395. The quantitative estimate of drug-likeness (QED) is 0.616. The molecule has 1 saturated heterocycles. The van der Waals surface area contributed by atoms with E-state index in [1.807, 2.05) is 4.90 Å². The van der Waals surface area contributed by atoms with Gasteiger partial charge in [0, 0.05) is 13.1 Å². The van der Waals surface area contributed by atoms with Crippen molar-refractivity contribution in [2.24, 2.45) is 17.7 Å². The molecule has 17 heavy (non-hydrogen) atoms. The molecule has 94 valence electrons. The maximum absolute atomic E-state index is 13.7. The van der Waals surface area contributed by atoms with E-state index >= 15 is 0 Å². The lowest BCUT2D eigenvalue weighted by atomic mass is 9.95. The molecule has 1 fully saturated rings. The Hall–Kier alpha value is -1.43. The molecule has 0 aliphatic carbocycles. The first-order valence-corrected chi connectivity index (χ1v) is 5.86. The zero-order valence-electron chi connectivity index (χ0n) is 10.2. The minimum absolute atomic E-state index is 0.245. The molecule has 1 aromatic rings. The summed E-state index contributed by atoms with van der Waals surface area (Å²) in [4.78, 5) is 9.77. The van der Waals surface area contributed by atoms with Crippen LogP contribution in [0.2, 0.25) is 0 Å². The van der Waals surface area contributed by atoms with Crippen LogP contribution in [0.3, 0.4) is 0 Å². The smallest absolute Gasteiger partial charge is 0.239 e. The largest absolute Gasteiger partial charge is 0.354 e. The van der Waals surface area contributed by atoms with Crippen LogP contribution in [0.5, 0.6) is 0 Å². The van der Waals surface area contributed by atoms with Crippen LogP contribution in [-0.2, 0) is 0 Å². The molecule has 0 bridgehead atoms. The van der Waals surface area contributed by atoms with Crippen molar-refractivity contribution in [3.8, 4) is 0 Å². The molecule has 1 atom stereocenters. The fourth-order valence-corrected chi connectivity index (χ4v) is 2.17. The number of rotatable bonds is 3. The number of hydrogen-bond acceptors (Lipinski definition) is 5. The summed E-state index contributed by atoms with van der Waals surface area (Å²) in [5, 5.41) is 0. The summed E-state index contributed by atoms with van der Waals surface area (Å²) in [6.07, 6.45) is 2.23. The lowest BCUT2D eigenvalue weighted by Crippen LogP contribution is -2.24. The number of hydrazine groups is 1. The molecular formula is C11H18FN5. The van der Waals surface area contributed by atoms with E-state index in [0.717, 1.165) is 25.7 Å². The van der Waals surface area contributed by atoms with Gasteiger partial charge in [-0.05, 0) is 18.3 Å². The highest BCUT2D eigenvalue weighted by molar-refractivity contribution is 5.44. The van der Waals surface area contributed by atoms with Crippen molar-refractivity contribution in [2.75, 3.05) is 23.4 Å². The Labute approximate surface area is 100 Å². The Morgan fingerprint density at radius 1 is 1.59 bits per heavy atom. The summed E-state index contributed by atoms with van der Waals surface area (Å²) in [7, 11) is 0. The van der Waals surface area contributed by atoms with Gasteiger partial charge in [-0.3, -0.25) is 5.43 Å². The van der Waals surface area contributed by atoms with E-state index in [2.05, 4.69) is 29.2 Å². The first kappa shape index (κ1) is 12.0. The minimum Gasteiger partial charge on any atom is -0.354 e. The van der Waals surface area contributed by atoms with Gasteiger partial charge in [0.15, 0.2) is 11.6 Å². The molecule has 1 aliphatic rings. The molecule has 0 saturated carbocycles. The average Bonchev–Trinajstić information content (AvgIpc) is 2.79. The number of hydrogen-bond donors (Lipinski definition) is 2. The van der Waals surface area contributed by atoms with Crippen molar-refractivity contribution in [3.05, 3.63) is 12.0 Å². The molecular weight excluding hydrogens is 221 g/mol. The fraction of sp³-hybridized carbons (Fsp3) is 0.636. The Morgan fingerprint density at radius 2 is 2.35 bits per heavy atom. The zero-order valence-corrected chi connectivity index (χ0v) is 10.2. The summed E-state index contributed by atoms with van der Waals surface area (Å²) >= 11 is 0. The third-order valence-electron chi connectivity index (χ3n) is 3.32. The number of aromatic nitrogens is 2. The molecule has 1 aliphatic heterocycles. The highest BCUT2D eigenvalue weighted by Crippen LogP contribution is 2.28. The predicted octanol–water partition coefficient (Wildman–Crippen LogP) is 1.38. The highest BCUT2D eigenvalue weighted by Gasteiger charge is 2.27. The second-order valence-electron chi connectivity index (χ2n) is 4.75. The van der Waals surface area contributed by atoms with Crippen molar-refractivity contribution in [1.82, 2.24) is 9.97 Å². The van der Waals surface area contributed by atoms with Crippen molar-refractivity contribution in [2.45, 2.75) is 20.3 Å². The number of anilines is 2. The SMILES string of the molecule is CC(C)C1CCN(c2nc(NN)ncc2F)C1. The van der Waals surface area contributed by atoms with Gasteiger partial charge in [0.25, 0.3) is 0 Å². The maximum atomic E-state index is 13.7. The van der Waals surface area contributed by atoms with Crippen LogP contribution in [0.4, 0.5) is 16.2 Å². The molecule has 5 nitrogen and oxygen atoms in total. The van der Waals surface area contributed by atoms with Crippen molar-refractivity contribution in [1.29, 1.82) is 0 Å². The molecule has 0 radical (unpaired) electrons. The second-order valence-corrected chi connectivity index (χ2v) is 4.75. The lowest BCUT2D eigenvalue weighted by Gasteiger charge is -2.19. The van der Waals surface area contributed by atoms with Gasteiger partial charge in [-0.2, -0.15) is 4.98 Å². The molecule has 6 heteroatoms. The van der Waals surface area contributed by atoms with E-state index in [-0.39, 0.29) is 5.95 Å². The van der Waals surface area contributed by atoms with Gasteiger partial charge < -0.3 is 4.90 Å². The summed E-state index contributed by atoms with van der Waals surface area (Å²) < 4.78 is 13.7. The van der Waals surface area contributed by atoms with Crippen molar-refractivity contribution < 1.29 is 4.39 Å². The van der Waals surface area contributed by atoms with Gasteiger partial charge in [-0.25, -0.2) is 15.2 Å². The molecule has 1 aromatic heterocycles. The van der Waals surface area contributed by atoms with Crippen LogP contribution in [0.25, 0.3) is 0 Å². The molecule has 2 heterocycles. The monoisotopic (exact) mass is 239 g/mol. The van der Waals surface area contributed by atoms with Crippen LogP contribution in [0, 0.1) is 17.7 Å². The van der Waals surface area contributed by atoms with E-state index in [0.29, 0.717) is 17.7 Å². The number of nitrogens with zero attached hydrogens (tertiary/aromatic N) is 3. The summed E-state index contributed by atoms with van der Waals surface area (Å²) in [6.45, 7) is 6.06. The number of nitrogen functional groups attached to an aromatic ring is 1. The third kappa shape index (κ3) is 2.46. The van der Waals surface area contributed by atoms with Crippen LogP contribution in [0.1, 0.15) is 20.3 Å². The third-order valence-corrected chi connectivity index (χ3v) is 3.32. The first-order chi connectivity index (χ1) is 8.11. The fourth-order valence-electron chi connectivity index (χ4n) is 2.17. The van der Waals surface area contributed by atoms with E-state index in [9.17, 15) is 4.39 Å². The summed E-state index contributed by atoms with van der Waals surface area (Å²) in [5.41, 5.74) is 2.34. The summed E-state index contributed by atoms with van der Waals surface area (Å²) in [6, 6.07) is 0. The van der Waals surface area contributed by atoms with Crippen LogP contribution in [0.15, 0.2) is 6.20 Å². The number of halogens is 1. The number of nitrogens with one attached hydrogen (secondary N) is 1. The van der Waals surface area contributed by atoms with Gasteiger partial charge in [-0.1, -0.05) is 13.8 Å². The molecule has 0 amide bonds. The number of nitrogens with two attached hydrogens (primary N) is 1. The summed E-state index contributed by atoms with van der Waals surface area (Å²) in [5.74, 6) is 6.62. The molecule has 1 unspecified atom stereocenters. The lowest BCUT2D eigenvalue weighted by molar-refractivity contribution is 0.422. The average molecular weight is 239 g/mol. The van der Waals surface area contributed by atoms with E-state index < -0.39 is 5.82 Å². The molecule has 3 N–H and O–H groups in total. The van der Waals surface area contributed by atoms with E-state index in [4.69, 9.17) is 5.84 Å². The van der Waals surface area contributed by atoms with Gasteiger partial charge in [0.2, 0.25) is 5.95 Å². The van der Waals surface area contributed by atoms with Gasteiger partial charge in [-0.15, -0.1) is 0 Å². The normalized spacial score (nSPS) is 20.1. The Bertz CT molecular complexity index is 395. The standard InChI is InChI=1S/C11H18FN5/c1-7(2)8-3-4-17(6-8)10-9(12)5-14-11(15-10)16-13/h5,7-8H,3-4,6,13H2,1-2H3,(H,14,15,16). The van der Waals surface area contributed by atoms with Crippen molar-refractivity contribution in [3.63, 3.8) is 0 Å². The van der Waals surface area contributed by atoms with E-state index in [1.54, 1.807) is 0 Å². The zero-order chi connectivity index (χ0) is 12.4. The van der Waals surface area contributed by atoms with Crippen LogP contribution in [-0.4, -0.2) is 23.1 Å². The predicted molar refractivity (Wildman–Crippen MR) is 65.0 cm³/mol. The Kier molecular flexibility index (Phi) is 3.42. The van der Waals surface area contributed by atoms with Crippen LogP contribution >= 0.6 is 0 Å². The van der Waals surface area contributed by atoms with Crippen LogP contribution < -0.4 is 16.2 Å². The highest BCUT2D eigenvalue weighted by atomic mass is 19.1. The maximum Gasteiger partial charge on any atom is 0.239 e. The molecule has 2 rings (SSSR count). The topological polar surface area (TPSA) is 67.1 Å². The van der Waals surface area contributed by atoms with Gasteiger partial charge in [0.1, 0.15) is 0 Å². The molecule has 0 aromatic carbocycles. The molecule has 0 spiro atoms.